The molecule has 0 aromatic carbocycles. The summed E-state index contributed by atoms with van der Waals surface area (Å²) in [5.74, 6) is 0.242. The van der Waals surface area contributed by atoms with Crippen molar-refractivity contribution in [1.29, 1.82) is 0 Å². The Kier molecular flexibility index (Phi) is 2.84. The summed E-state index contributed by atoms with van der Waals surface area (Å²) in [7, 11) is 0. The van der Waals surface area contributed by atoms with E-state index in [2.05, 4.69) is 10.2 Å². The van der Waals surface area contributed by atoms with Gasteiger partial charge >= 0.3 is 0 Å². The highest BCUT2D eigenvalue weighted by Gasteiger charge is 2.13. The Labute approximate surface area is 82.9 Å². The lowest BCUT2D eigenvalue weighted by atomic mass is 10.4. The summed E-state index contributed by atoms with van der Waals surface area (Å²) >= 11 is 0. The summed E-state index contributed by atoms with van der Waals surface area (Å²) in [6.07, 6.45) is 3.97. The van der Waals surface area contributed by atoms with Gasteiger partial charge in [-0.05, 0) is 38.1 Å². The van der Waals surface area contributed by atoms with E-state index in [1.54, 1.807) is 12.1 Å². The normalized spacial score (nSPS) is 17.1. The summed E-state index contributed by atoms with van der Waals surface area (Å²) < 4.78 is 4.98. The lowest BCUT2D eigenvalue weighted by molar-refractivity contribution is 0.0902. The van der Waals surface area contributed by atoms with Gasteiger partial charge in [-0.1, -0.05) is 0 Å². The van der Waals surface area contributed by atoms with Gasteiger partial charge in [0.15, 0.2) is 5.76 Å². The second kappa shape index (κ2) is 4.28. The minimum absolute atomic E-state index is 0.137. The fourth-order valence-corrected chi connectivity index (χ4v) is 1.62. The highest BCUT2D eigenvalue weighted by atomic mass is 16.3. The molecule has 1 N–H and O–H groups in total. The van der Waals surface area contributed by atoms with E-state index < -0.39 is 0 Å². The molecule has 2 rings (SSSR count). The van der Waals surface area contributed by atoms with Gasteiger partial charge < -0.3 is 9.73 Å². The van der Waals surface area contributed by atoms with E-state index in [0.29, 0.717) is 12.4 Å². The number of nitrogens with zero attached hydrogens (tertiary/aromatic N) is 1. The Morgan fingerprint density at radius 1 is 1.50 bits per heavy atom. The molecule has 0 bridgehead atoms. The van der Waals surface area contributed by atoms with Crippen molar-refractivity contribution in [2.24, 2.45) is 0 Å². The third-order valence-corrected chi connectivity index (χ3v) is 2.41. The number of amides is 1. The van der Waals surface area contributed by atoms with E-state index in [1.165, 1.54) is 19.1 Å². The summed E-state index contributed by atoms with van der Waals surface area (Å²) in [6, 6.07) is 3.38. The van der Waals surface area contributed by atoms with Crippen molar-refractivity contribution in [2.45, 2.75) is 12.8 Å². The van der Waals surface area contributed by atoms with Crippen LogP contribution in [0.5, 0.6) is 0 Å². The Morgan fingerprint density at radius 2 is 2.29 bits per heavy atom. The lowest BCUT2D eigenvalue weighted by Crippen LogP contribution is -2.35. The average molecular weight is 194 g/mol. The summed E-state index contributed by atoms with van der Waals surface area (Å²) in [4.78, 5) is 13.7. The Balaban J connectivity index is 1.78. The number of carbonyl (C=O) groups is 1. The maximum Gasteiger partial charge on any atom is 0.287 e. The summed E-state index contributed by atoms with van der Waals surface area (Å²) in [5.41, 5.74) is 0. The summed E-state index contributed by atoms with van der Waals surface area (Å²) in [5, 5.41) is 2.82. The Morgan fingerprint density at radius 3 is 2.93 bits per heavy atom. The fourth-order valence-electron chi connectivity index (χ4n) is 1.62. The van der Waals surface area contributed by atoms with E-state index >= 15 is 0 Å². The zero-order valence-electron chi connectivity index (χ0n) is 8.03. The molecule has 0 atom stereocenters. The number of likely N-dealkylation sites (tertiary alicyclic amines) is 1. The van der Waals surface area contributed by atoms with Crippen LogP contribution in [0.3, 0.4) is 0 Å². The van der Waals surface area contributed by atoms with Crippen LogP contribution in [-0.4, -0.2) is 30.6 Å². The number of hydrogen-bond acceptors (Lipinski definition) is 3. The van der Waals surface area contributed by atoms with E-state index in [-0.39, 0.29) is 5.91 Å². The number of rotatable bonds is 3. The molecule has 2 heterocycles. The molecule has 1 aliphatic rings. The maximum absolute atomic E-state index is 11.4. The highest BCUT2D eigenvalue weighted by Crippen LogP contribution is 2.05. The second-order valence-corrected chi connectivity index (χ2v) is 3.47. The molecule has 0 spiro atoms. The molecule has 0 radical (unpaired) electrons. The monoisotopic (exact) mass is 194 g/mol. The second-order valence-electron chi connectivity index (χ2n) is 3.47. The van der Waals surface area contributed by atoms with Crippen molar-refractivity contribution in [1.82, 2.24) is 10.2 Å². The van der Waals surface area contributed by atoms with Gasteiger partial charge in [0.2, 0.25) is 0 Å². The summed E-state index contributed by atoms with van der Waals surface area (Å²) in [6.45, 7) is 2.79. The number of nitrogens with one attached hydrogen (secondary N) is 1. The molecule has 1 saturated heterocycles. The van der Waals surface area contributed by atoms with Gasteiger partial charge in [-0.2, -0.15) is 0 Å². The van der Waals surface area contributed by atoms with Crippen LogP contribution in [0.4, 0.5) is 0 Å². The number of hydrogen-bond donors (Lipinski definition) is 1. The third kappa shape index (κ3) is 2.14. The zero-order valence-corrected chi connectivity index (χ0v) is 8.03. The topological polar surface area (TPSA) is 45.5 Å². The molecule has 0 saturated carbocycles. The van der Waals surface area contributed by atoms with Crippen LogP contribution in [0.1, 0.15) is 23.4 Å². The Bertz CT molecular complexity index is 289. The largest absolute Gasteiger partial charge is 0.459 e. The quantitative estimate of drug-likeness (QED) is 0.782. The molecule has 1 aromatic heterocycles. The molecule has 1 aromatic rings. The van der Waals surface area contributed by atoms with Crippen molar-refractivity contribution in [3.05, 3.63) is 24.2 Å². The zero-order chi connectivity index (χ0) is 9.80. The molecular weight excluding hydrogens is 180 g/mol. The minimum Gasteiger partial charge on any atom is -0.459 e. The van der Waals surface area contributed by atoms with E-state index in [1.807, 2.05) is 0 Å². The van der Waals surface area contributed by atoms with Crippen LogP contribution in [0.15, 0.2) is 22.8 Å². The van der Waals surface area contributed by atoms with Gasteiger partial charge in [-0.3, -0.25) is 9.69 Å². The molecule has 14 heavy (non-hydrogen) atoms. The van der Waals surface area contributed by atoms with Crippen molar-refractivity contribution in [3.63, 3.8) is 0 Å². The van der Waals surface area contributed by atoms with Crippen molar-refractivity contribution in [3.8, 4) is 0 Å². The molecule has 4 nitrogen and oxygen atoms in total. The van der Waals surface area contributed by atoms with Gasteiger partial charge in [0, 0.05) is 0 Å². The van der Waals surface area contributed by atoms with Gasteiger partial charge in [0.05, 0.1) is 12.9 Å². The van der Waals surface area contributed by atoms with Gasteiger partial charge in [-0.25, -0.2) is 0 Å². The third-order valence-electron chi connectivity index (χ3n) is 2.41. The van der Waals surface area contributed by atoms with Crippen LogP contribution in [0.2, 0.25) is 0 Å². The smallest absolute Gasteiger partial charge is 0.287 e. The first-order valence-corrected chi connectivity index (χ1v) is 4.90. The molecule has 76 valence electrons. The number of carbonyl (C=O) groups excluding carboxylic acids is 1. The first kappa shape index (κ1) is 9.27. The fraction of sp³-hybridized carbons (Fsp3) is 0.500. The molecular formula is C10H14N2O2. The van der Waals surface area contributed by atoms with Crippen LogP contribution >= 0.6 is 0 Å². The van der Waals surface area contributed by atoms with Crippen LogP contribution in [-0.2, 0) is 0 Å². The van der Waals surface area contributed by atoms with Gasteiger partial charge in [0.25, 0.3) is 5.91 Å². The van der Waals surface area contributed by atoms with Crippen LogP contribution in [0, 0.1) is 0 Å². The van der Waals surface area contributed by atoms with Crippen LogP contribution < -0.4 is 5.32 Å². The van der Waals surface area contributed by atoms with Crippen LogP contribution in [0.25, 0.3) is 0 Å². The molecule has 1 aliphatic heterocycles. The SMILES string of the molecule is O=C(NCN1CCCC1)c1ccco1. The number of furan rings is 1. The molecule has 0 aliphatic carbocycles. The highest BCUT2D eigenvalue weighted by molar-refractivity contribution is 5.91. The predicted molar refractivity (Wildman–Crippen MR) is 51.8 cm³/mol. The predicted octanol–water partition coefficient (Wildman–Crippen LogP) is 1.06. The lowest BCUT2D eigenvalue weighted by Gasteiger charge is -2.14. The van der Waals surface area contributed by atoms with Crippen molar-refractivity contribution >= 4 is 5.91 Å². The standard InChI is InChI=1S/C10H14N2O2/c13-10(9-4-3-7-14-9)11-8-12-5-1-2-6-12/h3-4,7H,1-2,5-6,8H2,(H,11,13). The molecule has 4 heteroatoms. The average Bonchev–Trinajstić information content (AvgIpc) is 2.87. The maximum atomic E-state index is 11.4. The van der Waals surface area contributed by atoms with E-state index in [9.17, 15) is 4.79 Å². The van der Waals surface area contributed by atoms with Crippen molar-refractivity contribution < 1.29 is 9.21 Å². The molecule has 0 unspecified atom stereocenters. The minimum atomic E-state index is -0.137. The van der Waals surface area contributed by atoms with Gasteiger partial charge in [0.1, 0.15) is 0 Å². The van der Waals surface area contributed by atoms with E-state index in [4.69, 9.17) is 4.42 Å². The first-order chi connectivity index (χ1) is 6.86. The van der Waals surface area contributed by atoms with Gasteiger partial charge in [-0.15, -0.1) is 0 Å². The molecule has 1 amide bonds. The first-order valence-electron chi connectivity index (χ1n) is 4.90. The van der Waals surface area contributed by atoms with Crippen molar-refractivity contribution in [2.75, 3.05) is 19.8 Å². The molecule has 1 fully saturated rings. The van der Waals surface area contributed by atoms with E-state index in [0.717, 1.165) is 13.1 Å². The Hall–Kier alpha value is -1.29.